The third kappa shape index (κ3) is 4.87. The fraction of sp³-hybridized carbons (Fsp3) is 0.130. The molecular weight excluding hydrogens is 375 g/mol. The number of carbonyl (C=O) groups excluding carboxylic acids is 2. The van der Waals surface area contributed by atoms with Crippen molar-refractivity contribution in [1.29, 1.82) is 0 Å². The van der Waals surface area contributed by atoms with Crippen molar-refractivity contribution < 1.29 is 18.7 Å². The van der Waals surface area contributed by atoms with E-state index in [1.807, 2.05) is 19.1 Å². The van der Waals surface area contributed by atoms with Gasteiger partial charge in [-0.25, -0.2) is 9.18 Å². The standard InChI is InChI=1S/C23H19FO3S/c1-16-10-12-17(13-11-16)22(25)18-6-2-3-7-19(18)23(26)27-14-15-28-21-9-5-4-8-20(21)24/h2-13H,14-15H2,1H3. The van der Waals surface area contributed by atoms with Crippen molar-refractivity contribution in [2.45, 2.75) is 11.8 Å². The molecule has 0 radical (unpaired) electrons. The smallest absolute Gasteiger partial charge is 0.338 e. The van der Waals surface area contributed by atoms with Crippen LogP contribution in [0.15, 0.2) is 77.7 Å². The maximum atomic E-state index is 13.6. The lowest BCUT2D eigenvalue weighted by atomic mass is 9.98. The van der Waals surface area contributed by atoms with Gasteiger partial charge in [0.05, 0.1) is 5.56 Å². The van der Waals surface area contributed by atoms with Crippen LogP contribution in [0, 0.1) is 12.7 Å². The summed E-state index contributed by atoms with van der Waals surface area (Å²) in [7, 11) is 0. The molecule has 0 spiro atoms. The maximum absolute atomic E-state index is 13.6. The molecule has 0 amide bonds. The third-order valence-corrected chi connectivity index (χ3v) is 5.13. The molecule has 28 heavy (non-hydrogen) atoms. The number of ether oxygens (including phenoxy) is 1. The fourth-order valence-electron chi connectivity index (χ4n) is 2.65. The highest BCUT2D eigenvalue weighted by Crippen LogP contribution is 2.21. The Hall–Kier alpha value is -2.92. The van der Waals surface area contributed by atoms with Gasteiger partial charge in [-0.2, -0.15) is 0 Å². The molecule has 3 aromatic rings. The van der Waals surface area contributed by atoms with Crippen LogP contribution in [-0.4, -0.2) is 24.1 Å². The topological polar surface area (TPSA) is 43.4 Å². The molecular formula is C23H19FO3S. The predicted molar refractivity (Wildman–Crippen MR) is 108 cm³/mol. The van der Waals surface area contributed by atoms with Crippen molar-refractivity contribution in [2.75, 3.05) is 12.4 Å². The average Bonchev–Trinajstić information content (AvgIpc) is 2.72. The van der Waals surface area contributed by atoms with E-state index >= 15 is 0 Å². The molecule has 0 aliphatic rings. The lowest BCUT2D eigenvalue weighted by molar-refractivity contribution is 0.0527. The highest BCUT2D eigenvalue weighted by atomic mass is 32.2. The van der Waals surface area contributed by atoms with E-state index in [-0.39, 0.29) is 23.8 Å². The molecule has 0 aliphatic carbocycles. The summed E-state index contributed by atoms with van der Waals surface area (Å²) < 4.78 is 18.9. The van der Waals surface area contributed by atoms with Gasteiger partial charge in [0.15, 0.2) is 5.78 Å². The molecule has 0 N–H and O–H groups in total. The molecule has 0 fully saturated rings. The summed E-state index contributed by atoms with van der Waals surface area (Å²) in [6.07, 6.45) is 0. The van der Waals surface area contributed by atoms with E-state index in [1.165, 1.54) is 17.8 Å². The first-order valence-corrected chi connectivity index (χ1v) is 9.79. The van der Waals surface area contributed by atoms with E-state index in [0.717, 1.165) is 5.56 Å². The SMILES string of the molecule is Cc1ccc(C(=O)c2ccccc2C(=O)OCCSc2ccccc2F)cc1. The lowest BCUT2D eigenvalue weighted by Gasteiger charge is -2.09. The van der Waals surface area contributed by atoms with E-state index in [2.05, 4.69) is 0 Å². The predicted octanol–water partition coefficient (Wildman–Crippen LogP) is 5.31. The van der Waals surface area contributed by atoms with E-state index in [1.54, 1.807) is 54.6 Å². The molecule has 0 heterocycles. The molecule has 142 valence electrons. The summed E-state index contributed by atoms with van der Waals surface area (Å²) in [6.45, 7) is 2.06. The van der Waals surface area contributed by atoms with Crippen LogP contribution < -0.4 is 0 Å². The van der Waals surface area contributed by atoms with Gasteiger partial charge in [0.2, 0.25) is 0 Å². The van der Waals surface area contributed by atoms with Crippen LogP contribution in [-0.2, 0) is 4.74 Å². The molecule has 0 bridgehead atoms. The Morgan fingerprint density at radius 2 is 1.54 bits per heavy atom. The molecule has 0 aliphatic heterocycles. The number of ketones is 1. The Morgan fingerprint density at radius 3 is 2.25 bits per heavy atom. The monoisotopic (exact) mass is 394 g/mol. The van der Waals surface area contributed by atoms with Crippen LogP contribution in [0.3, 0.4) is 0 Å². The Balaban J connectivity index is 1.65. The minimum absolute atomic E-state index is 0.116. The molecule has 3 aromatic carbocycles. The molecule has 0 aromatic heterocycles. The molecule has 0 saturated carbocycles. The summed E-state index contributed by atoms with van der Waals surface area (Å²) in [5.41, 5.74) is 2.10. The number of hydrogen-bond acceptors (Lipinski definition) is 4. The number of hydrogen-bond donors (Lipinski definition) is 0. The third-order valence-electron chi connectivity index (χ3n) is 4.12. The molecule has 3 rings (SSSR count). The number of esters is 1. The largest absolute Gasteiger partial charge is 0.461 e. The normalized spacial score (nSPS) is 10.5. The molecule has 0 saturated heterocycles. The quantitative estimate of drug-likeness (QED) is 0.236. The van der Waals surface area contributed by atoms with Crippen molar-refractivity contribution in [1.82, 2.24) is 0 Å². The summed E-state index contributed by atoms with van der Waals surface area (Å²) in [5, 5.41) is 0. The van der Waals surface area contributed by atoms with Crippen molar-refractivity contribution in [3.05, 3.63) is 101 Å². The van der Waals surface area contributed by atoms with Crippen LogP contribution in [0.25, 0.3) is 0 Å². The minimum Gasteiger partial charge on any atom is -0.461 e. The number of rotatable bonds is 7. The van der Waals surface area contributed by atoms with E-state index in [9.17, 15) is 14.0 Å². The number of aryl methyl sites for hydroxylation is 1. The Bertz CT molecular complexity index is 983. The van der Waals surface area contributed by atoms with Crippen LogP contribution in [0.4, 0.5) is 4.39 Å². The highest BCUT2D eigenvalue weighted by Gasteiger charge is 2.19. The van der Waals surface area contributed by atoms with Gasteiger partial charge < -0.3 is 4.74 Å². The maximum Gasteiger partial charge on any atom is 0.338 e. The lowest BCUT2D eigenvalue weighted by Crippen LogP contribution is -2.14. The fourth-order valence-corrected chi connectivity index (χ4v) is 3.41. The van der Waals surface area contributed by atoms with Gasteiger partial charge in [-0.1, -0.05) is 60.2 Å². The van der Waals surface area contributed by atoms with Gasteiger partial charge in [-0.15, -0.1) is 11.8 Å². The number of thioether (sulfide) groups is 1. The Morgan fingerprint density at radius 1 is 0.893 bits per heavy atom. The van der Waals surface area contributed by atoms with Crippen LogP contribution in [0.2, 0.25) is 0 Å². The van der Waals surface area contributed by atoms with Crippen molar-refractivity contribution >= 4 is 23.5 Å². The summed E-state index contributed by atoms with van der Waals surface area (Å²) >= 11 is 1.27. The van der Waals surface area contributed by atoms with Crippen LogP contribution >= 0.6 is 11.8 Å². The molecule has 5 heteroatoms. The summed E-state index contributed by atoms with van der Waals surface area (Å²) in [5.74, 6) is -0.674. The average molecular weight is 394 g/mol. The summed E-state index contributed by atoms with van der Waals surface area (Å²) in [4.78, 5) is 25.8. The van der Waals surface area contributed by atoms with Crippen molar-refractivity contribution in [3.8, 4) is 0 Å². The second kappa shape index (κ2) is 9.33. The zero-order chi connectivity index (χ0) is 19.9. The van der Waals surface area contributed by atoms with Gasteiger partial charge in [0.1, 0.15) is 12.4 Å². The van der Waals surface area contributed by atoms with Crippen molar-refractivity contribution in [2.24, 2.45) is 0 Å². The Kier molecular flexibility index (Phi) is 6.61. The van der Waals surface area contributed by atoms with E-state index in [0.29, 0.717) is 21.8 Å². The molecule has 3 nitrogen and oxygen atoms in total. The van der Waals surface area contributed by atoms with Crippen molar-refractivity contribution in [3.63, 3.8) is 0 Å². The molecule has 0 atom stereocenters. The number of carbonyl (C=O) groups is 2. The van der Waals surface area contributed by atoms with E-state index in [4.69, 9.17) is 4.74 Å². The van der Waals surface area contributed by atoms with Gasteiger partial charge in [-0.05, 0) is 25.1 Å². The van der Waals surface area contributed by atoms with Crippen LogP contribution in [0.5, 0.6) is 0 Å². The first-order chi connectivity index (χ1) is 13.6. The second-order valence-electron chi connectivity index (χ2n) is 6.16. The summed E-state index contributed by atoms with van der Waals surface area (Å²) in [6, 6.07) is 20.2. The highest BCUT2D eigenvalue weighted by molar-refractivity contribution is 7.99. The van der Waals surface area contributed by atoms with Gasteiger partial charge in [-0.3, -0.25) is 4.79 Å². The number of benzene rings is 3. The van der Waals surface area contributed by atoms with Crippen LogP contribution in [0.1, 0.15) is 31.8 Å². The zero-order valence-corrected chi connectivity index (χ0v) is 16.2. The first kappa shape index (κ1) is 19.8. The Labute approximate surface area is 167 Å². The number of halogens is 1. The van der Waals surface area contributed by atoms with Gasteiger partial charge >= 0.3 is 5.97 Å². The molecule has 0 unspecified atom stereocenters. The van der Waals surface area contributed by atoms with Gasteiger partial charge in [0, 0.05) is 21.8 Å². The zero-order valence-electron chi connectivity index (χ0n) is 15.4. The van der Waals surface area contributed by atoms with E-state index < -0.39 is 5.97 Å². The minimum atomic E-state index is -0.565. The second-order valence-corrected chi connectivity index (χ2v) is 7.29. The first-order valence-electron chi connectivity index (χ1n) is 8.81. The van der Waals surface area contributed by atoms with Gasteiger partial charge in [0.25, 0.3) is 0 Å².